The molecule has 0 saturated carbocycles. The Morgan fingerprint density at radius 1 is 0.510 bits per heavy atom. The summed E-state index contributed by atoms with van der Waals surface area (Å²) in [6.07, 6.45) is 44.1. The van der Waals surface area contributed by atoms with Crippen molar-refractivity contribution in [3.8, 4) is 0 Å². The third-order valence-corrected chi connectivity index (χ3v) is 9.24. The Labute approximate surface area is 302 Å². The van der Waals surface area contributed by atoms with E-state index in [1.54, 1.807) is 0 Å². The highest BCUT2D eigenvalue weighted by molar-refractivity contribution is 5.80. The zero-order chi connectivity index (χ0) is 36.0. The molecule has 5 N–H and O–H groups in total. The highest BCUT2D eigenvalue weighted by Gasteiger charge is 2.28. The fraction of sp³-hybridized carbons (Fsp3) is 0.791. The summed E-state index contributed by atoms with van der Waals surface area (Å²) in [6.45, 7) is 3.98. The van der Waals surface area contributed by atoms with Crippen molar-refractivity contribution in [2.75, 3.05) is 6.61 Å². The van der Waals surface area contributed by atoms with Gasteiger partial charge < -0.3 is 25.7 Å². The molecule has 0 aliphatic rings. The standard InChI is InChI=1S/C43H79NO5/c1-3-5-7-9-11-13-15-17-19-21-23-24-26-28-30-32-34-36-40(46)42(48)39(38-45)44-43(49)41(47)37-35-33-31-29-27-25-22-20-18-16-14-12-10-8-6-4-2/h12,14,18,20-21,23,28,30,39-42,45-48H,3-11,13,15-17,19,22,24-27,29,31-38H2,1-2H3,(H,44,49)/b14-12-,20-18-,23-21+,30-28+. The lowest BCUT2D eigenvalue weighted by atomic mass is 10.00. The first kappa shape index (κ1) is 47.3. The lowest BCUT2D eigenvalue weighted by molar-refractivity contribution is -0.132. The number of carbonyl (C=O) groups excluding carboxylic acids is 1. The van der Waals surface area contributed by atoms with Crippen LogP contribution in [0.15, 0.2) is 48.6 Å². The molecule has 0 saturated heterocycles. The Morgan fingerprint density at radius 2 is 0.918 bits per heavy atom. The van der Waals surface area contributed by atoms with Crippen molar-refractivity contribution < 1.29 is 25.2 Å². The summed E-state index contributed by atoms with van der Waals surface area (Å²) in [5, 5.41) is 43.5. The highest BCUT2D eigenvalue weighted by Crippen LogP contribution is 2.13. The summed E-state index contributed by atoms with van der Waals surface area (Å²) >= 11 is 0. The van der Waals surface area contributed by atoms with Gasteiger partial charge >= 0.3 is 0 Å². The van der Waals surface area contributed by atoms with Crippen LogP contribution in [-0.4, -0.2) is 57.3 Å². The second-order valence-corrected chi connectivity index (χ2v) is 14.0. The summed E-state index contributed by atoms with van der Waals surface area (Å²) in [5.74, 6) is -0.609. The van der Waals surface area contributed by atoms with Crippen LogP contribution >= 0.6 is 0 Å². The topological polar surface area (TPSA) is 110 Å². The highest BCUT2D eigenvalue weighted by atomic mass is 16.3. The van der Waals surface area contributed by atoms with Crippen molar-refractivity contribution in [3.63, 3.8) is 0 Å². The van der Waals surface area contributed by atoms with Gasteiger partial charge in [-0.05, 0) is 83.5 Å². The van der Waals surface area contributed by atoms with Gasteiger partial charge in [0, 0.05) is 0 Å². The first-order chi connectivity index (χ1) is 24.0. The van der Waals surface area contributed by atoms with Crippen molar-refractivity contribution in [1.29, 1.82) is 0 Å². The van der Waals surface area contributed by atoms with Crippen molar-refractivity contribution in [3.05, 3.63) is 48.6 Å². The summed E-state index contributed by atoms with van der Waals surface area (Å²) in [6, 6.07) is -1.01. The Kier molecular flexibility index (Phi) is 36.2. The number of allylic oxidation sites excluding steroid dienone is 8. The Morgan fingerprint density at radius 3 is 1.45 bits per heavy atom. The van der Waals surface area contributed by atoms with Gasteiger partial charge in [0.15, 0.2) is 0 Å². The molecule has 0 rings (SSSR count). The minimum atomic E-state index is -1.29. The molecule has 0 spiro atoms. The van der Waals surface area contributed by atoms with Crippen LogP contribution in [0.5, 0.6) is 0 Å². The number of nitrogens with one attached hydrogen (secondary N) is 1. The first-order valence-electron chi connectivity index (χ1n) is 20.5. The predicted molar refractivity (Wildman–Crippen MR) is 210 cm³/mol. The molecule has 4 unspecified atom stereocenters. The van der Waals surface area contributed by atoms with E-state index >= 15 is 0 Å². The van der Waals surface area contributed by atoms with Gasteiger partial charge in [-0.25, -0.2) is 0 Å². The van der Waals surface area contributed by atoms with Crippen molar-refractivity contribution in [2.45, 2.75) is 212 Å². The lowest BCUT2D eigenvalue weighted by Crippen LogP contribution is -2.53. The number of hydrogen-bond donors (Lipinski definition) is 5. The van der Waals surface area contributed by atoms with Gasteiger partial charge in [-0.3, -0.25) is 4.79 Å². The molecule has 6 nitrogen and oxygen atoms in total. The van der Waals surface area contributed by atoms with E-state index in [2.05, 4.69) is 67.8 Å². The summed E-state index contributed by atoms with van der Waals surface area (Å²) in [4.78, 5) is 12.5. The van der Waals surface area contributed by atoms with E-state index in [1.165, 1.54) is 96.3 Å². The van der Waals surface area contributed by atoms with Gasteiger partial charge in [-0.2, -0.15) is 0 Å². The molecule has 0 fully saturated rings. The zero-order valence-electron chi connectivity index (χ0n) is 31.9. The Balaban J connectivity index is 3.88. The van der Waals surface area contributed by atoms with Crippen molar-refractivity contribution in [2.24, 2.45) is 0 Å². The average molecular weight is 690 g/mol. The van der Waals surface area contributed by atoms with E-state index in [-0.39, 0.29) is 0 Å². The van der Waals surface area contributed by atoms with Crippen molar-refractivity contribution in [1.82, 2.24) is 5.32 Å². The SMILES string of the molecule is CCCCC/C=C\C/C=C\CCCCCCCCC(O)C(=O)NC(CO)C(O)C(O)CCC/C=C/CC/C=C/CCCCCCCCCC. The fourth-order valence-corrected chi connectivity index (χ4v) is 5.92. The molecule has 0 bridgehead atoms. The second kappa shape index (κ2) is 37.5. The quantitative estimate of drug-likeness (QED) is 0.0332. The van der Waals surface area contributed by atoms with Gasteiger partial charge in [-0.15, -0.1) is 0 Å². The number of carbonyl (C=O) groups is 1. The lowest BCUT2D eigenvalue weighted by Gasteiger charge is -2.27. The van der Waals surface area contributed by atoms with Crippen LogP contribution in [0.1, 0.15) is 187 Å². The Bertz CT molecular complexity index is 823. The molecule has 0 aromatic carbocycles. The minimum Gasteiger partial charge on any atom is -0.394 e. The van der Waals surface area contributed by atoms with Crippen LogP contribution in [0, 0.1) is 0 Å². The molecule has 0 radical (unpaired) electrons. The first-order valence-corrected chi connectivity index (χ1v) is 20.5. The van der Waals surface area contributed by atoms with E-state index in [9.17, 15) is 25.2 Å². The predicted octanol–water partition coefficient (Wildman–Crippen LogP) is 10.3. The van der Waals surface area contributed by atoms with E-state index in [1.807, 2.05) is 0 Å². The largest absolute Gasteiger partial charge is 0.394 e. The van der Waals surface area contributed by atoms with Gasteiger partial charge in [0.1, 0.15) is 12.2 Å². The van der Waals surface area contributed by atoms with Crippen LogP contribution in [0.4, 0.5) is 0 Å². The summed E-state index contributed by atoms with van der Waals surface area (Å²) in [5.41, 5.74) is 0. The third kappa shape index (κ3) is 32.0. The maximum absolute atomic E-state index is 12.5. The van der Waals surface area contributed by atoms with Gasteiger partial charge in [0.05, 0.1) is 18.8 Å². The molecule has 0 aliphatic carbocycles. The molecule has 4 atom stereocenters. The number of hydrogen-bond acceptors (Lipinski definition) is 5. The Hall–Kier alpha value is -1.73. The number of unbranched alkanes of at least 4 members (excludes halogenated alkanes) is 19. The molecule has 49 heavy (non-hydrogen) atoms. The van der Waals surface area contributed by atoms with E-state index < -0.39 is 36.9 Å². The molecule has 0 aliphatic heterocycles. The molecular weight excluding hydrogens is 610 g/mol. The molecule has 0 aromatic heterocycles. The monoisotopic (exact) mass is 690 g/mol. The van der Waals surface area contributed by atoms with Crippen LogP contribution in [0.2, 0.25) is 0 Å². The molecule has 286 valence electrons. The summed E-state index contributed by atoms with van der Waals surface area (Å²) in [7, 11) is 0. The van der Waals surface area contributed by atoms with Crippen LogP contribution < -0.4 is 5.32 Å². The maximum atomic E-state index is 12.5. The van der Waals surface area contributed by atoms with E-state index in [4.69, 9.17) is 0 Å². The van der Waals surface area contributed by atoms with Gasteiger partial charge in [-0.1, -0.05) is 152 Å². The maximum Gasteiger partial charge on any atom is 0.249 e. The average Bonchev–Trinajstić information content (AvgIpc) is 3.11. The molecule has 1 amide bonds. The van der Waals surface area contributed by atoms with Gasteiger partial charge in [0.2, 0.25) is 5.91 Å². The number of amides is 1. The van der Waals surface area contributed by atoms with Crippen LogP contribution in [0.3, 0.4) is 0 Å². The molecular formula is C43H79NO5. The normalized spacial score (nSPS) is 14.8. The minimum absolute atomic E-state index is 0.346. The third-order valence-electron chi connectivity index (χ3n) is 9.24. The second-order valence-electron chi connectivity index (χ2n) is 14.0. The number of aliphatic hydroxyl groups excluding tert-OH is 4. The van der Waals surface area contributed by atoms with Crippen LogP contribution in [0.25, 0.3) is 0 Å². The van der Waals surface area contributed by atoms with E-state index in [0.717, 1.165) is 57.8 Å². The molecule has 6 heteroatoms. The number of rotatable bonds is 36. The van der Waals surface area contributed by atoms with Crippen LogP contribution in [-0.2, 0) is 4.79 Å². The molecule has 0 heterocycles. The van der Waals surface area contributed by atoms with E-state index in [0.29, 0.717) is 19.3 Å². The summed E-state index contributed by atoms with van der Waals surface area (Å²) < 4.78 is 0. The zero-order valence-corrected chi connectivity index (χ0v) is 31.9. The van der Waals surface area contributed by atoms with Gasteiger partial charge in [0.25, 0.3) is 0 Å². The number of aliphatic hydroxyl groups is 4. The van der Waals surface area contributed by atoms with Crippen molar-refractivity contribution >= 4 is 5.91 Å². The fourth-order valence-electron chi connectivity index (χ4n) is 5.92. The molecule has 0 aromatic rings. The smallest absolute Gasteiger partial charge is 0.249 e.